The van der Waals surface area contributed by atoms with E-state index in [1.54, 1.807) is 12.1 Å². The Bertz CT molecular complexity index is 1060. The average molecular weight is 496 g/mol. The zero-order valence-corrected chi connectivity index (χ0v) is 18.0. The summed E-state index contributed by atoms with van der Waals surface area (Å²) in [4.78, 5) is 13.5. The molecule has 4 aliphatic rings. The Balaban J connectivity index is 1.54. The molecule has 0 bridgehead atoms. The molecular formula is C24H21IN2O2. The molecule has 0 saturated carbocycles. The van der Waals surface area contributed by atoms with Crippen molar-refractivity contribution >= 4 is 34.0 Å². The van der Waals surface area contributed by atoms with E-state index in [0.29, 0.717) is 23.7 Å². The van der Waals surface area contributed by atoms with E-state index in [1.165, 1.54) is 25.9 Å². The topological polar surface area (TPSA) is 46.4 Å². The number of allylic oxidation sites excluding steroid dienone is 4. The van der Waals surface area contributed by atoms with Crippen LogP contribution in [0.25, 0.3) is 0 Å². The van der Waals surface area contributed by atoms with Crippen molar-refractivity contribution in [3.63, 3.8) is 0 Å². The van der Waals surface area contributed by atoms with Gasteiger partial charge in [-0.2, -0.15) is 0 Å². The van der Waals surface area contributed by atoms with E-state index in [-0.39, 0.29) is 16.7 Å². The van der Waals surface area contributed by atoms with E-state index in [4.69, 9.17) is 0 Å². The van der Waals surface area contributed by atoms with Crippen LogP contribution in [-0.2, 0) is 0 Å². The molecule has 29 heavy (non-hydrogen) atoms. The standard InChI is InChI=1S/C24H21IN2O2/c25-16-11-21-18-4-1-3-15(18)13-26-23(14-7-9-17(10-8-14)27(28)29)20-6-2-5-19(20)22(12-16)24(21)26/h1-2,4-5,7-12,15,18-20,23H,3,6,13H2/t15-,18-,19+,20-,23-/m1/s1. The molecule has 0 unspecified atom stereocenters. The van der Waals surface area contributed by atoms with Gasteiger partial charge in [0.05, 0.1) is 11.0 Å². The highest BCUT2D eigenvalue weighted by Crippen LogP contribution is 2.58. The van der Waals surface area contributed by atoms with Crippen LogP contribution in [0.2, 0.25) is 0 Å². The van der Waals surface area contributed by atoms with E-state index in [9.17, 15) is 10.1 Å². The normalized spacial score (nSPS) is 30.8. The second kappa shape index (κ2) is 6.42. The van der Waals surface area contributed by atoms with Gasteiger partial charge < -0.3 is 4.90 Å². The number of non-ortho nitro benzene ring substituents is 1. The van der Waals surface area contributed by atoms with Crippen molar-refractivity contribution in [1.82, 2.24) is 0 Å². The minimum atomic E-state index is -0.310. The van der Waals surface area contributed by atoms with Crippen molar-refractivity contribution < 1.29 is 4.92 Å². The Labute approximate surface area is 183 Å². The number of benzene rings is 2. The summed E-state index contributed by atoms with van der Waals surface area (Å²) in [6, 6.07) is 12.3. The number of nitro benzene ring substituents is 1. The van der Waals surface area contributed by atoms with Gasteiger partial charge in [0.1, 0.15) is 0 Å². The molecule has 2 aliphatic carbocycles. The molecule has 0 fully saturated rings. The van der Waals surface area contributed by atoms with Crippen molar-refractivity contribution in [1.29, 1.82) is 0 Å². The number of halogens is 1. The fourth-order valence-electron chi connectivity index (χ4n) is 6.11. The third-order valence-electron chi connectivity index (χ3n) is 7.26. The van der Waals surface area contributed by atoms with Crippen LogP contribution in [0.3, 0.4) is 0 Å². The van der Waals surface area contributed by atoms with Crippen molar-refractivity contribution in [3.8, 4) is 0 Å². The first-order valence-electron chi connectivity index (χ1n) is 10.3. The molecule has 0 radical (unpaired) electrons. The monoisotopic (exact) mass is 496 g/mol. The van der Waals surface area contributed by atoms with Gasteiger partial charge in [-0.05, 0) is 76.1 Å². The SMILES string of the molecule is O=[N+]([O-])c1ccc([C@@H]2[C@@H]3CC=C[C@@H]3c3cc(I)cc4c3N2C[C@H]2CC=C[C@@H]42)cc1. The Kier molecular flexibility index (Phi) is 3.92. The van der Waals surface area contributed by atoms with E-state index in [2.05, 4.69) is 63.9 Å². The van der Waals surface area contributed by atoms with Crippen molar-refractivity contribution in [2.24, 2.45) is 11.8 Å². The van der Waals surface area contributed by atoms with Gasteiger partial charge in [0.25, 0.3) is 5.69 Å². The lowest BCUT2D eigenvalue weighted by molar-refractivity contribution is -0.384. The lowest BCUT2D eigenvalue weighted by Gasteiger charge is -2.51. The zero-order valence-electron chi connectivity index (χ0n) is 15.9. The number of hydrogen-bond acceptors (Lipinski definition) is 3. The summed E-state index contributed by atoms with van der Waals surface area (Å²) in [6.45, 7) is 1.06. The molecule has 0 saturated heterocycles. The molecule has 2 heterocycles. The summed E-state index contributed by atoms with van der Waals surface area (Å²) < 4.78 is 1.32. The fourth-order valence-corrected chi connectivity index (χ4v) is 6.78. The van der Waals surface area contributed by atoms with E-state index in [1.807, 2.05) is 12.1 Å². The highest BCUT2D eigenvalue weighted by atomic mass is 127. The summed E-state index contributed by atoms with van der Waals surface area (Å²) in [5, 5.41) is 11.1. The number of anilines is 1. The van der Waals surface area contributed by atoms with Gasteiger partial charge in [0, 0.05) is 39.8 Å². The number of nitrogens with zero attached hydrogens (tertiary/aromatic N) is 2. The highest BCUT2D eigenvalue weighted by molar-refractivity contribution is 14.1. The molecule has 6 rings (SSSR count). The first-order chi connectivity index (χ1) is 14.1. The third-order valence-corrected chi connectivity index (χ3v) is 7.88. The van der Waals surface area contributed by atoms with Gasteiger partial charge in [-0.25, -0.2) is 0 Å². The Hall–Kier alpha value is -2.15. The Morgan fingerprint density at radius 2 is 1.69 bits per heavy atom. The molecule has 5 atom stereocenters. The van der Waals surface area contributed by atoms with Crippen molar-refractivity contribution in [3.05, 3.63) is 91.1 Å². The Morgan fingerprint density at radius 3 is 2.45 bits per heavy atom. The van der Waals surface area contributed by atoms with Gasteiger partial charge in [0.15, 0.2) is 0 Å². The molecular weight excluding hydrogens is 475 g/mol. The summed E-state index contributed by atoms with van der Waals surface area (Å²) >= 11 is 2.47. The van der Waals surface area contributed by atoms with E-state index < -0.39 is 0 Å². The van der Waals surface area contributed by atoms with Crippen LogP contribution in [0.5, 0.6) is 0 Å². The molecule has 0 N–H and O–H groups in total. The summed E-state index contributed by atoms with van der Waals surface area (Å²) in [7, 11) is 0. The number of hydrogen-bond donors (Lipinski definition) is 0. The van der Waals surface area contributed by atoms with Gasteiger partial charge in [0.2, 0.25) is 0 Å². The minimum Gasteiger partial charge on any atom is -0.363 e. The maximum Gasteiger partial charge on any atom is 0.269 e. The summed E-state index contributed by atoms with van der Waals surface area (Å²) in [5.74, 6) is 2.06. The number of fused-ring (bicyclic) bond motifs is 4. The second-order valence-electron chi connectivity index (χ2n) is 8.68. The Morgan fingerprint density at radius 1 is 1.00 bits per heavy atom. The zero-order chi connectivity index (χ0) is 19.7. The van der Waals surface area contributed by atoms with Crippen molar-refractivity contribution in [2.75, 3.05) is 11.4 Å². The minimum absolute atomic E-state index is 0.167. The van der Waals surface area contributed by atoms with Crippen LogP contribution >= 0.6 is 22.6 Å². The average Bonchev–Trinajstić information content (AvgIpc) is 3.37. The van der Waals surface area contributed by atoms with Crippen LogP contribution in [0, 0.1) is 25.5 Å². The maximum absolute atomic E-state index is 11.1. The molecule has 2 aliphatic heterocycles. The molecule has 146 valence electrons. The van der Waals surface area contributed by atoms with Crippen LogP contribution in [0.1, 0.15) is 47.4 Å². The largest absolute Gasteiger partial charge is 0.363 e. The molecule has 0 spiro atoms. The van der Waals surface area contributed by atoms with Gasteiger partial charge in [-0.3, -0.25) is 10.1 Å². The van der Waals surface area contributed by atoms with Gasteiger partial charge >= 0.3 is 0 Å². The van der Waals surface area contributed by atoms with Gasteiger partial charge in [-0.1, -0.05) is 36.4 Å². The molecule has 2 aromatic carbocycles. The predicted octanol–water partition coefficient (Wildman–Crippen LogP) is 6.09. The lowest BCUT2D eigenvalue weighted by Crippen LogP contribution is -2.46. The molecule has 4 nitrogen and oxygen atoms in total. The smallest absolute Gasteiger partial charge is 0.269 e. The molecule has 0 amide bonds. The molecule has 2 aromatic rings. The molecule has 0 aromatic heterocycles. The third kappa shape index (κ3) is 2.56. The fraction of sp³-hybridized carbons (Fsp3) is 0.333. The maximum atomic E-state index is 11.1. The number of rotatable bonds is 2. The summed E-state index contributed by atoms with van der Waals surface area (Å²) in [5.41, 5.74) is 5.74. The number of nitro groups is 1. The van der Waals surface area contributed by atoms with Crippen LogP contribution in [0.15, 0.2) is 60.7 Å². The summed E-state index contributed by atoms with van der Waals surface area (Å²) in [6.07, 6.45) is 11.7. The lowest BCUT2D eigenvalue weighted by atomic mass is 9.71. The molecule has 5 heteroatoms. The first-order valence-corrected chi connectivity index (χ1v) is 11.4. The second-order valence-corrected chi connectivity index (χ2v) is 9.93. The van der Waals surface area contributed by atoms with E-state index in [0.717, 1.165) is 19.4 Å². The highest BCUT2D eigenvalue weighted by Gasteiger charge is 2.47. The van der Waals surface area contributed by atoms with Crippen LogP contribution < -0.4 is 4.90 Å². The quantitative estimate of drug-likeness (QED) is 0.219. The van der Waals surface area contributed by atoms with Crippen molar-refractivity contribution in [2.45, 2.75) is 30.7 Å². The van der Waals surface area contributed by atoms with Gasteiger partial charge in [-0.15, -0.1) is 0 Å². The predicted molar refractivity (Wildman–Crippen MR) is 122 cm³/mol. The van der Waals surface area contributed by atoms with Crippen LogP contribution in [-0.4, -0.2) is 11.5 Å². The van der Waals surface area contributed by atoms with Crippen LogP contribution in [0.4, 0.5) is 11.4 Å². The van der Waals surface area contributed by atoms with E-state index >= 15 is 0 Å². The first kappa shape index (κ1) is 17.7.